The fourth-order valence-electron chi connectivity index (χ4n) is 0.241. The summed E-state index contributed by atoms with van der Waals surface area (Å²) in [6, 6.07) is 3.71. The number of aromatic amines is 1. The third-order valence-corrected chi connectivity index (χ3v) is 0.442. The van der Waals surface area contributed by atoms with Gasteiger partial charge in [0.2, 0.25) is 0 Å². The van der Waals surface area contributed by atoms with Crippen LogP contribution in [0.1, 0.15) is 20.8 Å². The molecular weight excluding hydrogens is 272 g/mol. The number of nitrogens with one attached hydrogen (secondary N) is 1. The molecule has 1 aromatic heterocycles. The summed E-state index contributed by atoms with van der Waals surface area (Å²) in [6.07, 6.45) is 4.56. The third-order valence-electron chi connectivity index (χ3n) is 0.442. The maximum Gasteiger partial charge on any atom is 4.00 e. The van der Waals surface area contributed by atoms with Crippen molar-refractivity contribution in [3.8, 4) is 0 Å². The minimum absolute atomic E-state index is 0. The maximum absolute atomic E-state index is 2.74. The van der Waals surface area contributed by atoms with Gasteiger partial charge in [-0.05, 0) is 0 Å². The zero-order chi connectivity index (χ0) is 7.11. The molecule has 1 aromatic rings. The molecule has 12 heavy (non-hydrogen) atoms. The third kappa shape index (κ3) is 30.9. The van der Waals surface area contributed by atoms with E-state index in [1.54, 1.807) is 0 Å². The summed E-state index contributed by atoms with van der Waals surface area (Å²) in [5.74, 6) is 1.42. The Bertz CT molecular complexity index is 101. The molecule has 0 fully saturated rings. The van der Waals surface area contributed by atoms with E-state index < -0.39 is 0 Å². The molecule has 0 aromatic carbocycles. The van der Waals surface area contributed by atoms with Crippen LogP contribution in [0.4, 0.5) is 0 Å². The van der Waals surface area contributed by atoms with Crippen LogP contribution in [0.25, 0.3) is 0 Å². The van der Waals surface area contributed by atoms with Gasteiger partial charge in [-0.25, -0.2) is 0 Å². The summed E-state index contributed by atoms with van der Waals surface area (Å²) < 4.78 is 0. The van der Waals surface area contributed by atoms with Crippen LogP contribution in [0.3, 0.4) is 0 Å². The van der Waals surface area contributed by atoms with Gasteiger partial charge in [-0.2, -0.15) is 39.1 Å². The van der Waals surface area contributed by atoms with E-state index in [-0.39, 0.29) is 51.0 Å². The van der Waals surface area contributed by atoms with Gasteiger partial charge < -0.3 is 35.7 Å². The van der Waals surface area contributed by atoms with E-state index >= 15 is 0 Å². The molecule has 0 bridgehead atoms. The Hall–Kier alpha value is 0.743. The standard InChI is InChI=1S/C4H4N.C4H9.2ClH.Zr/c1-2-4-5-3-1;1-4(2)3;;;/h1-3,5H;1-3H3;2*1H;/q2*-1;;;+4/p-2. The summed E-state index contributed by atoms with van der Waals surface area (Å²) in [5, 5.41) is 0. The van der Waals surface area contributed by atoms with Gasteiger partial charge in [0.1, 0.15) is 0 Å². The number of rotatable bonds is 0. The largest absolute Gasteiger partial charge is 4.00 e. The fourth-order valence-corrected chi connectivity index (χ4v) is 0.241. The Morgan fingerprint density at radius 3 is 1.67 bits per heavy atom. The number of H-pyrrole nitrogens is 1. The topological polar surface area (TPSA) is 15.8 Å². The van der Waals surface area contributed by atoms with Crippen LogP contribution < -0.4 is 24.8 Å². The molecule has 4 heteroatoms. The summed E-state index contributed by atoms with van der Waals surface area (Å²) >= 11 is 0. The van der Waals surface area contributed by atoms with Crippen LogP contribution in [0.5, 0.6) is 0 Å². The molecule has 0 aliphatic carbocycles. The Morgan fingerprint density at radius 2 is 1.58 bits per heavy atom. The van der Waals surface area contributed by atoms with Gasteiger partial charge in [0.05, 0.1) is 0 Å². The second-order valence-corrected chi connectivity index (χ2v) is 2.31. The SMILES string of the molecule is C[C-](C)C.[Cl-].[Cl-].[Zr+4].[c-]1ccc[nH]1. The van der Waals surface area contributed by atoms with E-state index in [0.717, 1.165) is 0 Å². The average Bonchev–Trinajstić information content (AvgIpc) is 2.11. The molecule has 0 aliphatic rings. The van der Waals surface area contributed by atoms with Crippen LogP contribution in [0.2, 0.25) is 0 Å². The van der Waals surface area contributed by atoms with Gasteiger partial charge in [-0.15, -0.1) is 6.20 Å². The predicted molar refractivity (Wildman–Crippen MR) is 39.9 cm³/mol. The van der Waals surface area contributed by atoms with Gasteiger partial charge in [-0.3, -0.25) is 0 Å². The Balaban J connectivity index is -0.0000000436. The van der Waals surface area contributed by atoms with Crippen LogP contribution in [0.15, 0.2) is 18.3 Å². The van der Waals surface area contributed by atoms with Crippen molar-refractivity contribution < 1.29 is 51.0 Å². The minimum atomic E-state index is 0. The summed E-state index contributed by atoms with van der Waals surface area (Å²) in [6.45, 7) is 6.25. The number of aromatic nitrogens is 1. The molecule has 1 rings (SSSR count). The van der Waals surface area contributed by atoms with Crippen LogP contribution >= 0.6 is 0 Å². The Kier molecular flexibility index (Phi) is 34.0. The predicted octanol–water partition coefficient (Wildman–Crippen LogP) is -3.56. The van der Waals surface area contributed by atoms with E-state index in [1.807, 2.05) is 18.3 Å². The number of hydrogen-bond acceptors (Lipinski definition) is 0. The first-order valence-electron chi connectivity index (χ1n) is 2.99. The second kappa shape index (κ2) is 17.7. The summed E-state index contributed by atoms with van der Waals surface area (Å²) in [7, 11) is 0. The van der Waals surface area contributed by atoms with Crippen molar-refractivity contribution in [3.05, 3.63) is 30.4 Å². The molecule has 1 heterocycles. The van der Waals surface area contributed by atoms with Crippen molar-refractivity contribution in [2.45, 2.75) is 20.8 Å². The minimum Gasteiger partial charge on any atom is -1.00 e. The average molecular weight is 285 g/mol. The molecule has 0 radical (unpaired) electrons. The fraction of sp³-hybridized carbons (Fsp3) is 0.375. The molecule has 0 atom stereocenters. The van der Waals surface area contributed by atoms with Gasteiger partial charge in [0.15, 0.2) is 0 Å². The molecule has 0 saturated carbocycles. The maximum atomic E-state index is 2.74. The van der Waals surface area contributed by atoms with Crippen molar-refractivity contribution >= 4 is 0 Å². The quantitative estimate of drug-likeness (QED) is 0.475. The van der Waals surface area contributed by atoms with E-state index in [0.29, 0.717) is 0 Å². The van der Waals surface area contributed by atoms with Crippen molar-refractivity contribution in [2.24, 2.45) is 0 Å². The number of halogens is 2. The van der Waals surface area contributed by atoms with Crippen LogP contribution in [0, 0.1) is 12.1 Å². The zero-order valence-electron chi connectivity index (χ0n) is 7.49. The van der Waals surface area contributed by atoms with Crippen molar-refractivity contribution in [1.29, 1.82) is 0 Å². The molecule has 1 nitrogen and oxygen atoms in total. The second-order valence-electron chi connectivity index (χ2n) is 2.31. The van der Waals surface area contributed by atoms with Crippen molar-refractivity contribution in [3.63, 3.8) is 0 Å². The molecule has 68 valence electrons. The van der Waals surface area contributed by atoms with E-state index in [2.05, 4.69) is 32.0 Å². The Labute approximate surface area is 107 Å². The molecule has 1 N–H and O–H groups in total. The molecule has 0 aliphatic heterocycles. The molecule has 0 unspecified atom stereocenters. The monoisotopic (exact) mass is 283 g/mol. The number of hydrogen-bond donors (Lipinski definition) is 1. The molecule has 0 spiro atoms. The smallest absolute Gasteiger partial charge is 1.00 e. The molecular formula is C8H13Cl2NZr. The summed E-state index contributed by atoms with van der Waals surface area (Å²) in [5.41, 5.74) is 0. The van der Waals surface area contributed by atoms with Crippen LogP contribution in [-0.2, 0) is 26.2 Å². The normalized spacial score (nSPS) is 6.33. The first-order chi connectivity index (χ1) is 4.23. The van der Waals surface area contributed by atoms with E-state index in [1.165, 1.54) is 5.92 Å². The van der Waals surface area contributed by atoms with Crippen molar-refractivity contribution in [2.75, 3.05) is 0 Å². The van der Waals surface area contributed by atoms with Crippen molar-refractivity contribution in [1.82, 2.24) is 4.98 Å². The summed E-state index contributed by atoms with van der Waals surface area (Å²) in [4.78, 5) is 2.74. The van der Waals surface area contributed by atoms with Crippen LogP contribution in [-0.4, -0.2) is 4.98 Å². The molecule has 0 saturated heterocycles. The van der Waals surface area contributed by atoms with E-state index in [4.69, 9.17) is 0 Å². The molecule has 0 amide bonds. The first-order valence-corrected chi connectivity index (χ1v) is 2.99. The van der Waals surface area contributed by atoms with Gasteiger partial charge in [-0.1, -0.05) is 0 Å². The Morgan fingerprint density at radius 1 is 1.17 bits per heavy atom. The zero-order valence-corrected chi connectivity index (χ0v) is 11.5. The van der Waals surface area contributed by atoms with E-state index in [9.17, 15) is 0 Å². The first kappa shape index (κ1) is 23.0. The van der Waals surface area contributed by atoms with Gasteiger partial charge in [0, 0.05) is 0 Å². The van der Waals surface area contributed by atoms with Gasteiger partial charge >= 0.3 is 26.2 Å². The van der Waals surface area contributed by atoms with Gasteiger partial charge in [0.25, 0.3) is 0 Å².